The number of aryl methyl sites for hydroxylation is 2. The Hall–Kier alpha value is -0.830. The molecule has 0 radical (unpaired) electrons. The highest BCUT2D eigenvalue weighted by molar-refractivity contribution is 5.15. The van der Waals surface area contributed by atoms with Gasteiger partial charge in [-0.05, 0) is 51.5 Å². The van der Waals surface area contributed by atoms with Gasteiger partial charge in [0.1, 0.15) is 0 Å². The maximum atomic E-state index is 6.05. The van der Waals surface area contributed by atoms with E-state index in [4.69, 9.17) is 5.73 Å². The van der Waals surface area contributed by atoms with Crippen LogP contribution in [-0.2, 0) is 13.0 Å². The summed E-state index contributed by atoms with van der Waals surface area (Å²) in [5.74, 6) is 0. The van der Waals surface area contributed by atoms with E-state index in [1.807, 2.05) is 0 Å². The molecule has 1 saturated carbocycles. The first-order valence-electron chi connectivity index (χ1n) is 5.86. The Morgan fingerprint density at radius 3 is 2.73 bits per heavy atom. The van der Waals surface area contributed by atoms with Gasteiger partial charge in [-0.25, -0.2) is 0 Å². The van der Waals surface area contributed by atoms with E-state index in [-0.39, 0.29) is 0 Å². The van der Waals surface area contributed by atoms with Gasteiger partial charge in [-0.1, -0.05) is 0 Å². The maximum absolute atomic E-state index is 6.05. The van der Waals surface area contributed by atoms with E-state index < -0.39 is 0 Å². The largest absolute Gasteiger partial charge is 0.327 e. The minimum atomic E-state index is 0.304. The zero-order chi connectivity index (χ0) is 11.1. The third-order valence-corrected chi connectivity index (χ3v) is 3.68. The van der Waals surface area contributed by atoms with Crippen LogP contribution >= 0.6 is 0 Å². The van der Waals surface area contributed by atoms with Crippen molar-refractivity contribution >= 4 is 0 Å². The van der Waals surface area contributed by atoms with Gasteiger partial charge >= 0.3 is 0 Å². The van der Waals surface area contributed by atoms with E-state index in [1.54, 1.807) is 0 Å². The molecule has 0 aromatic carbocycles. The Morgan fingerprint density at radius 1 is 1.60 bits per heavy atom. The monoisotopic (exact) mass is 207 g/mol. The van der Waals surface area contributed by atoms with Gasteiger partial charge in [-0.2, -0.15) is 5.10 Å². The minimum Gasteiger partial charge on any atom is -0.327 e. The van der Waals surface area contributed by atoms with Gasteiger partial charge in [0, 0.05) is 18.3 Å². The second kappa shape index (κ2) is 3.63. The summed E-state index contributed by atoms with van der Waals surface area (Å²) in [6.07, 6.45) is 3.65. The number of nitrogens with two attached hydrogens (primary N) is 1. The Bertz CT molecular complexity index is 348. The third-order valence-electron chi connectivity index (χ3n) is 3.68. The van der Waals surface area contributed by atoms with Gasteiger partial charge in [0.2, 0.25) is 0 Å². The normalized spacial score (nSPS) is 20.3. The molecule has 1 aliphatic carbocycles. The molecule has 84 valence electrons. The van der Waals surface area contributed by atoms with Gasteiger partial charge in [0.25, 0.3) is 0 Å². The second-order valence-corrected chi connectivity index (χ2v) is 4.92. The zero-order valence-electron chi connectivity index (χ0n) is 9.95. The second-order valence-electron chi connectivity index (χ2n) is 4.92. The summed E-state index contributed by atoms with van der Waals surface area (Å²) in [6.45, 7) is 7.28. The molecular formula is C12H21N3. The minimum absolute atomic E-state index is 0.304. The van der Waals surface area contributed by atoms with Crippen molar-refractivity contribution in [2.75, 3.05) is 0 Å². The van der Waals surface area contributed by atoms with Gasteiger partial charge in [-0.15, -0.1) is 0 Å². The lowest BCUT2D eigenvalue weighted by atomic mass is 9.93. The predicted molar refractivity (Wildman–Crippen MR) is 61.7 cm³/mol. The van der Waals surface area contributed by atoms with Crippen LogP contribution in [0.5, 0.6) is 0 Å². The Kier molecular flexibility index (Phi) is 2.59. The summed E-state index contributed by atoms with van der Waals surface area (Å²) in [5.41, 5.74) is 8.89. The molecule has 2 rings (SSSR count). The summed E-state index contributed by atoms with van der Waals surface area (Å²) in [7, 11) is 0. The SMILES string of the molecule is CCn1nc(C)cc1CC1(C(C)N)CC1. The van der Waals surface area contributed by atoms with Crippen molar-refractivity contribution in [3.8, 4) is 0 Å². The highest BCUT2D eigenvalue weighted by Gasteiger charge is 2.46. The quantitative estimate of drug-likeness (QED) is 0.819. The molecule has 1 fully saturated rings. The van der Waals surface area contributed by atoms with Crippen LogP contribution in [0, 0.1) is 12.3 Å². The Balaban J connectivity index is 2.17. The Morgan fingerprint density at radius 2 is 2.27 bits per heavy atom. The van der Waals surface area contributed by atoms with E-state index in [1.165, 1.54) is 18.5 Å². The van der Waals surface area contributed by atoms with Crippen LogP contribution < -0.4 is 5.73 Å². The fraction of sp³-hybridized carbons (Fsp3) is 0.750. The lowest BCUT2D eigenvalue weighted by Crippen LogP contribution is -2.30. The van der Waals surface area contributed by atoms with E-state index in [0.717, 1.165) is 18.7 Å². The van der Waals surface area contributed by atoms with Crippen LogP contribution in [-0.4, -0.2) is 15.8 Å². The highest BCUT2D eigenvalue weighted by atomic mass is 15.3. The van der Waals surface area contributed by atoms with Gasteiger partial charge < -0.3 is 5.73 Å². The number of aromatic nitrogens is 2. The average Bonchev–Trinajstić information content (AvgIpc) is 2.86. The lowest BCUT2D eigenvalue weighted by Gasteiger charge is -2.19. The summed E-state index contributed by atoms with van der Waals surface area (Å²) in [5, 5.41) is 4.48. The molecule has 15 heavy (non-hydrogen) atoms. The molecule has 1 aliphatic rings. The number of nitrogens with zero attached hydrogens (tertiary/aromatic N) is 2. The summed E-state index contributed by atoms with van der Waals surface area (Å²) in [6, 6.07) is 2.50. The topological polar surface area (TPSA) is 43.8 Å². The molecule has 0 saturated heterocycles. The van der Waals surface area contributed by atoms with Crippen LogP contribution in [0.1, 0.15) is 38.1 Å². The van der Waals surface area contributed by atoms with Crippen LogP contribution in [0.25, 0.3) is 0 Å². The lowest BCUT2D eigenvalue weighted by molar-refractivity contribution is 0.403. The van der Waals surface area contributed by atoms with Crippen LogP contribution in [0.3, 0.4) is 0 Å². The van der Waals surface area contributed by atoms with Crippen LogP contribution in [0.4, 0.5) is 0 Å². The summed E-state index contributed by atoms with van der Waals surface area (Å²) < 4.78 is 2.11. The standard InChI is InChI=1S/C12H21N3/c1-4-15-11(7-9(2)14-15)8-12(5-6-12)10(3)13/h7,10H,4-6,8,13H2,1-3H3. The van der Waals surface area contributed by atoms with E-state index in [9.17, 15) is 0 Å². The van der Waals surface area contributed by atoms with Crippen molar-refractivity contribution in [3.63, 3.8) is 0 Å². The molecule has 3 nitrogen and oxygen atoms in total. The van der Waals surface area contributed by atoms with Crippen molar-refractivity contribution in [1.29, 1.82) is 0 Å². The van der Waals surface area contributed by atoms with Crippen molar-refractivity contribution in [2.45, 2.75) is 52.6 Å². The first kappa shape index (κ1) is 10.7. The van der Waals surface area contributed by atoms with E-state index in [0.29, 0.717) is 11.5 Å². The number of hydrogen-bond acceptors (Lipinski definition) is 2. The van der Waals surface area contributed by atoms with Gasteiger partial charge in [0.15, 0.2) is 0 Å². The van der Waals surface area contributed by atoms with Crippen LogP contribution in [0.15, 0.2) is 6.07 Å². The predicted octanol–water partition coefficient (Wildman–Crippen LogP) is 1.88. The summed E-state index contributed by atoms with van der Waals surface area (Å²) >= 11 is 0. The molecule has 1 heterocycles. The van der Waals surface area contributed by atoms with Crippen molar-refractivity contribution < 1.29 is 0 Å². The first-order valence-corrected chi connectivity index (χ1v) is 5.86. The molecule has 1 aromatic rings. The number of rotatable bonds is 4. The third kappa shape index (κ3) is 1.93. The molecule has 2 N–H and O–H groups in total. The van der Waals surface area contributed by atoms with Crippen molar-refractivity contribution in [1.82, 2.24) is 9.78 Å². The molecule has 1 unspecified atom stereocenters. The van der Waals surface area contributed by atoms with Crippen LogP contribution in [0.2, 0.25) is 0 Å². The van der Waals surface area contributed by atoms with Gasteiger partial charge in [-0.3, -0.25) is 4.68 Å². The molecule has 3 heteroatoms. The molecule has 1 aromatic heterocycles. The molecule has 0 amide bonds. The van der Waals surface area contributed by atoms with E-state index >= 15 is 0 Å². The summed E-state index contributed by atoms with van der Waals surface area (Å²) in [4.78, 5) is 0. The number of hydrogen-bond donors (Lipinski definition) is 1. The molecular weight excluding hydrogens is 186 g/mol. The average molecular weight is 207 g/mol. The fourth-order valence-electron chi connectivity index (χ4n) is 2.33. The van der Waals surface area contributed by atoms with Crippen molar-refractivity contribution in [2.24, 2.45) is 11.1 Å². The molecule has 0 spiro atoms. The first-order chi connectivity index (χ1) is 7.07. The molecule has 1 atom stereocenters. The van der Waals surface area contributed by atoms with Gasteiger partial charge in [0.05, 0.1) is 5.69 Å². The highest BCUT2D eigenvalue weighted by Crippen LogP contribution is 2.50. The molecule has 0 aliphatic heterocycles. The maximum Gasteiger partial charge on any atom is 0.0596 e. The van der Waals surface area contributed by atoms with Crippen molar-refractivity contribution in [3.05, 3.63) is 17.5 Å². The Labute approximate surface area is 91.7 Å². The molecule has 0 bridgehead atoms. The zero-order valence-corrected chi connectivity index (χ0v) is 9.95. The fourth-order valence-corrected chi connectivity index (χ4v) is 2.33. The van der Waals surface area contributed by atoms with E-state index in [2.05, 4.69) is 36.6 Å². The smallest absolute Gasteiger partial charge is 0.0596 e.